The summed E-state index contributed by atoms with van der Waals surface area (Å²) in [6.45, 7) is 0. The van der Waals surface area contributed by atoms with Crippen molar-refractivity contribution in [3.05, 3.63) is 35.4 Å². The number of carbonyl (C=O) groups excluding carboxylic acids is 1. The summed E-state index contributed by atoms with van der Waals surface area (Å²) in [6.07, 6.45) is -2.98. The lowest BCUT2D eigenvalue weighted by molar-refractivity contribution is -0.137. The highest BCUT2D eigenvalue weighted by molar-refractivity contribution is 5.80. The predicted molar refractivity (Wildman–Crippen MR) is 62.2 cm³/mol. The first kappa shape index (κ1) is 13.6. The summed E-state index contributed by atoms with van der Waals surface area (Å²) in [5, 5.41) is 9.33. The Morgan fingerprint density at radius 1 is 1.11 bits per heavy atom. The van der Waals surface area contributed by atoms with E-state index in [4.69, 9.17) is 0 Å². The lowest BCUT2D eigenvalue weighted by Gasteiger charge is -2.30. The Kier molecular flexibility index (Phi) is 3.36. The van der Waals surface area contributed by atoms with Crippen LogP contribution in [-0.4, -0.2) is 5.78 Å². The molecule has 0 spiro atoms. The molecule has 2 rings (SSSR count). The highest BCUT2D eigenvalue weighted by atomic mass is 19.4. The van der Waals surface area contributed by atoms with E-state index in [2.05, 4.69) is 6.07 Å². The molecule has 19 heavy (non-hydrogen) atoms. The maximum Gasteiger partial charge on any atom is 0.416 e. The van der Waals surface area contributed by atoms with Gasteiger partial charge >= 0.3 is 6.18 Å². The third-order valence-corrected chi connectivity index (χ3v) is 3.64. The summed E-state index contributed by atoms with van der Waals surface area (Å²) >= 11 is 0. The minimum Gasteiger partial charge on any atom is -0.300 e. The molecule has 1 aliphatic carbocycles. The highest BCUT2D eigenvalue weighted by Crippen LogP contribution is 2.39. The van der Waals surface area contributed by atoms with E-state index >= 15 is 0 Å². The van der Waals surface area contributed by atoms with Crippen LogP contribution >= 0.6 is 0 Å². The third-order valence-electron chi connectivity index (χ3n) is 3.64. The molecular weight excluding hydrogens is 255 g/mol. The molecule has 0 heterocycles. The summed E-state index contributed by atoms with van der Waals surface area (Å²) < 4.78 is 37.4. The van der Waals surface area contributed by atoms with Crippen LogP contribution in [0.3, 0.4) is 0 Å². The van der Waals surface area contributed by atoms with E-state index < -0.39 is 17.2 Å². The minimum absolute atomic E-state index is 0.109. The SMILES string of the molecule is N#CC1(c2ccc(C(F)(F)F)cc2)CCC(=O)CC1. The lowest BCUT2D eigenvalue weighted by Crippen LogP contribution is -2.30. The van der Waals surface area contributed by atoms with Gasteiger partial charge in [-0.25, -0.2) is 0 Å². The fraction of sp³-hybridized carbons (Fsp3) is 0.429. The van der Waals surface area contributed by atoms with E-state index in [9.17, 15) is 23.2 Å². The monoisotopic (exact) mass is 267 g/mol. The van der Waals surface area contributed by atoms with Crippen molar-refractivity contribution < 1.29 is 18.0 Å². The first-order chi connectivity index (χ1) is 8.87. The first-order valence-corrected chi connectivity index (χ1v) is 5.98. The molecule has 1 saturated carbocycles. The Balaban J connectivity index is 2.30. The Labute approximate surface area is 108 Å². The van der Waals surface area contributed by atoms with Gasteiger partial charge in [0.1, 0.15) is 5.78 Å². The number of hydrogen-bond donors (Lipinski definition) is 0. The molecule has 0 saturated heterocycles. The van der Waals surface area contributed by atoms with E-state index in [1.165, 1.54) is 12.1 Å². The van der Waals surface area contributed by atoms with Crippen LogP contribution in [0.5, 0.6) is 0 Å². The molecule has 1 aliphatic rings. The van der Waals surface area contributed by atoms with Crippen LogP contribution in [0.4, 0.5) is 13.2 Å². The number of benzene rings is 1. The molecule has 1 aromatic rings. The number of nitriles is 1. The van der Waals surface area contributed by atoms with E-state index in [0.717, 1.165) is 12.1 Å². The Bertz CT molecular complexity index is 515. The zero-order valence-electron chi connectivity index (χ0n) is 10.1. The number of alkyl halides is 3. The summed E-state index contributed by atoms with van der Waals surface area (Å²) in [7, 11) is 0. The topological polar surface area (TPSA) is 40.9 Å². The smallest absolute Gasteiger partial charge is 0.300 e. The largest absolute Gasteiger partial charge is 0.416 e. The van der Waals surface area contributed by atoms with Crippen molar-refractivity contribution in [1.29, 1.82) is 5.26 Å². The van der Waals surface area contributed by atoms with Gasteiger partial charge in [0.25, 0.3) is 0 Å². The van der Waals surface area contributed by atoms with Gasteiger partial charge < -0.3 is 0 Å². The number of rotatable bonds is 1. The molecule has 0 atom stereocenters. The fourth-order valence-corrected chi connectivity index (χ4v) is 2.40. The van der Waals surface area contributed by atoms with Crippen molar-refractivity contribution in [2.24, 2.45) is 0 Å². The number of carbonyl (C=O) groups is 1. The van der Waals surface area contributed by atoms with Crippen molar-refractivity contribution >= 4 is 5.78 Å². The summed E-state index contributed by atoms with van der Waals surface area (Å²) in [6, 6.07) is 6.86. The van der Waals surface area contributed by atoms with Gasteiger partial charge in [-0.05, 0) is 30.5 Å². The molecule has 0 amide bonds. The standard InChI is InChI=1S/C14H12F3NO/c15-14(16,17)11-3-1-10(2-4-11)13(9-18)7-5-12(19)6-8-13/h1-4H,5-8H2. The van der Waals surface area contributed by atoms with Crippen LogP contribution in [-0.2, 0) is 16.4 Å². The average Bonchev–Trinajstić information content (AvgIpc) is 2.39. The molecule has 0 bridgehead atoms. The molecule has 100 valence electrons. The number of ketones is 1. The second-order valence-corrected chi connectivity index (χ2v) is 4.81. The van der Waals surface area contributed by atoms with Gasteiger partial charge in [0, 0.05) is 12.8 Å². The second kappa shape index (κ2) is 4.69. The van der Waals surface area contributed by atoms with Crippen LogP contribution in [0, 0.1) is 11.3 Å². The molecule has 0 aromatic heterocycles. The Morgan fingerprint density at radius 2 is 1.63 bits per heavy atom. The molecule has 0 unspecified atom stereocenters. The van der Waals surface area contributed by atoms with Gasteiger partial charge in [0.2, 0.25) is 0 Å². The van der Waals surface area contributed by atoms with Crippen molar-refractivity contribution in [3.8, 4) is 6.07 Å². The van der Waals surface area contributed by atoms with Crippen molar-refractivity contribution in [2.75, 3.05) is 0 Å². The summed E-state index contributed by atoms with van der Waals surface area (Å²) in [5.41, 5.74) is -0.982. The maximum atomic E-state index is 12.5. The third kappa shape index (κ3) is 2.62. The van der Waals surface area contributed by atoms with Gasteiger partial charge in [0.05, 0.1) is 17.0 Å². The number of hydrogen-bond acceptors (Lipinski definition) is 2. The minimum atomic E-state index is -4.37. The number of Topliss-reactive ketones (excluding diaryl/α,β-unsaturated/α-hetero) is 1. The van der Waals surface area contributed by atoms with Gasteiger partial charge in [0.15, 0.2) is 0 Å². The van der Waals surface area contributed by atoms with Crippen LogP contribution < -0.4 is 0 Å². The van der Waals surface area contributed by atoms with Crippen molar-refractivity contribution in [2.45, 2.75) is 37.3 Å². The number of halogens is 3. The molecule has 5 heteroatoms. The van der Waals surface area contributed by atoms with Gasteiger partial charge in [-0.15, -0.1) is 0 Å². The second-order valence-electron chi connectivity index (χ2n) is 4.81. The van der Waals surface area contributed by atoms with E-state index in [0.29, 0.717) is 31.2 Å². The maximum absolute atomic E-state index is 12.5. The average molecular weight is 267 g/mol. The van der Waals surface area contributed by atoms with Crippen molar-refractivity contribution in [1.82, 2.24) is 0 Å². The van der Waals surface area contributed by atoms with E-state index in [1.807, 2.05) is 0 Å². The van der Waals surface area contributed by atoms with Gasteiger partial charge in [-0.2, -0.15) is 18.4 Å². The quantitative estimate of drug-likeness (QED) is 0.779. The van der Waals surface area contributed by atoms with E-state index in [1.54, 1.807) is 0 Å². The van der Waals surface area contributed by atoms with Crippen LogP contribution in [0.15, 0.2) is 24.3 Å². The summed E-state index contributed by atoms with van der Waals surface area (Å²) in [5.74, 6) is 0.109. The molecule has 0 aliphatic heterocycles. The van der Waals surface area contributed by atoms with Gasteiger partial charge in [-0.3, -0.25) is 4.79 Å². The summed E-state index contributed by atoms with van der Waals surface area (Å²) in [4.78, 5) is 11.2. The predicted octanol–water partition coefficient (Wildman–Crippen LogP) is 3.61. The normalized spacial score (nSPS) is 18.9. The van der Waals surface area contributed by atoms with E-state index in [-0.39, 0.29) is 5.78 Å². The molecule has 0 radical (unpaired) electrons. The van der Waals surface area contributed by atoms with Crippen LogP contribution in [0.1, 0.15) is 36.8 Å². The van der Waals surface area contributed by atoms with Crippen LogP contribution in [0.25, 0.3) is 0 Å². The first-order valence-electron chi connectivity index (χ1n) is 5.98. The molecule has 2 nitrogen and oxygen atoms in total. The molecule has 1 aromatic carbocycles. The number of nitrogens with zero attached hydrogens (tertiary/aromatic N) is 1. The van der Waals surface area contributed by atoms with Crippen LogP contribution in [0.2, 0.25) is 0 Å². The van der Waals surface area contributed by atoms with Gasteiger partial charge in [-0.1, -0.05) is 12.1 Å². The zero-order chi connectivity index (χ0) is 14.1. The molecule has 0 N–H and O–H groups in total. The Hall–Kier alpha value is -1.83. The molecule has 1 fully saturated rings. The fourth-order valence-electron chi connectivity index (χ4n) is 2.40. The lowest BCUT2D eigenvalue weighted by atomic mass is 9.70. The molecular formula is C14H12F3NO. The zero-order valence-corrected chi connectivity index (χ0v) is 10.1. The highest BCUT2D eigenvalue weighted by Gasteiger charge is 2.37. The van der Waals surface area contributed by atoms with Crippen molar-refractivity contribution in [3.63, 3.8) is 0 Å². The Morgan fingerprint density at radius 3 is 2.05 bits per heavy atom.